The zero-order valence-electron chi connectivity index (χ0n) is 19.8. The van der Waals surface area contributed by atoms with Crippen molar-refractivity contribution < 1.29 is 9.53 Å². The van der Waals surface area contributed by atoms with E-state index >= 15 is 0 Å². The van der Waals surface area contributed by atoms with Crippen molar-refractivity contribution in [1.82, 2.24) is 14.9 Å². The topological polar surface area (TPSA) is 66.8 Å². The zero-order valence-corrected chi connectivity index (χ0v) is 20.6. The van der Waals surface area contributed by atoms with Crippen LogP contribution < -0.4 is 15.8 Å². The minimum Gasteiger partial charge on any atom is -0.379 e. The van der Waals surface area contributed by atoms with E-state index in [9.17, 15) is 9.59 Å². The second-order valence-electron chi connectivity index (χ2n) is 9.28. The third-order valence-electron chi connectivity index (χ3n) is 6.81. The largest absolute Gasteiger partial charge is 0.379 e. The number of rotatable bonds is 6. The number of nitrogens with zero attached hydrogens (tertiary/aromatic N) is 3. The van der Waals surface area contributed by atoms with Crippen LogP contribution in [0.25, 0.3) is 10.9 Å². The van der Waals surface area contributed by atoms with Gasteiger partial charge in [0.15, 0.2) is 0 Å². The Labute approximate surface area is 210 Å². The molecule has 0 bridgehead atoms. The minimum atomic E-state index is -0.365. The van der Waals surface area contributed by atoms with E-state index in [1.165, 1.54) is 6.42 Å². The monoisotopic (exact) mass is 494 g/mol. The van der Waals surface area contributed by atoms with Gasteiger partial charge in [-0.05, 0) is 54.7 Å². The Kier molecular flexibility index (Phi) is 7.37. The van der Waals surface area contributed by atoms with Crippen molar-refractivity contribution in [2.24, 2.45) is 0 Å². The molecule has 1 aromatic heterocycles. The first-order chi connectivity index (χ1) is 17.1. The van der Waals surface area contributed by atoms with E-state index in [4.69, 9.17) is 16.3 Å². The van der Waals surface area contributed by atoms with Crippen molar-refractivity contribution in [3.8, 4) is 0 Å². The van der Waals surface area contributed by atoms with Gasteiger partial charge in [-0.1, -0.05) is 29.8 Å². The highest BCUT2D eigenvalue weighted by molar-refractivity contribution is 6.30. The van der Waals surface area contributed by atoms with Gasteiger partial charge in [0.2, 0.25) is 5.43 Å². The van der Waals surface area contributed by atoms with Gasteiger partial charge in [-0.3, -0.25) is 19.2 Å². The number of hydrogen-bond acceptors (Lipinski definition) is 5. The van der Waals surface area contributed by atoms with Crippen LogP contribution in [-0.2, 0) is 17.8 Å². The lowest BCUT2D eigenvalue weighted by atomic mass is 10.1. The molecule has 3 aromatic rings. The predicted molar refractivity (Wildman–Crippen MR) is 139 cm³/mol. The van der Waals surface area contributed by atoms with Gasteiger partial charge >= 0.3 is 0 Å². The van der Waals surface area contributed by atoms with Gasteiger partial charge in [0, 0.05) is 55.9 Å². The van der Waals surface area contributed by atoms with Crippen LogP contribution in [0.3, 0.4) is 0 Å². The number of carbonyl (C=O) groups excluding carboxylic acids is 1. The summed E-state index contributed by atoms with van der Waals surface area (Å²) in [6.07, 6.45) is 5.11. The zero-order chi connectivity index (χ0) is 24.2. The lowest BCUT2D eigenvalue weighted by Crippen LogP contribution is -2.41. The van der Waals surface area contributed by atoms with Gasteiger partial charge in [-0.25, -0.2) is 0 Å². The van der Waals surface area contributed by atoms with Crippen LogP contribution in [-0.4, -0.2) is 54.9 Å². The number of carbonyl (C=O) groups is 1. The Balaban J connectivity index is 1.48. The number of ether oxygens (including phenoxy) is 1. The van der Waals surface area contributed by atoms with E-state index in [1.54, 1.807) is 18.3 Å². The summed E-state index contributed by atoms with van der Waals surface area (Å²) in [5, 5.41) is 6.38. The molecular weight excluding hydrogens is 464 g/mol. The molecule has 184 valence electrons. The van der Waals surface area contributed by atoms with Crippen LogP contribution in [0.1, 0.15) is 40.7 Å². The van der Waals surface area contributed by atoms with Gasteiger partial charge in [0.05, 0.1) is 18.7 Å². The summed E-state index contributed by atoms with van der Waals surface area (Å²) in [5.74, 6) is -0.365. The molecule has 2 aromatic carbocycles. The average molecular weight is 495 g/mol. The molecular formula is C27H31ClN4O3. The summed E-state index contributed by atoms with van der Waals surface area (Å²) in [6, 6.07) is 13.4. The molecule has 7 nitrogen and oxygen atoms in total. The molecule has 1 amide bonds. The van der Waals surface area contributed by atoms with E-state index < -0.39 is 0 Å². The number of halogens is 1. The number of amides is 1. The highest BCUT2D eigenvalue weighted by atomic mass is 35.5. The number of pyridine rings is 1. The fraction of sp³-hybridized carbons (Fsp3) is 0.407. The molecule has 2 aliphatic rings. The SMILES string of the molecule is O=C(NCc1ccc(Cl)cc1)c1cn(N2CCCCC2)c2ccc(CN3CCOCC3)cc2c1=O. The van der Waals surface area contributed by atoms with E-state index in [2.05, 4.69) is 21.3 Å². The van der Waals surface area contributed by atoms with E-state index in [0.717, 1.165) is 75.4 Å². The quantitative estimate of drug-likeness (QED) is 0.567. The minimum absolute atomic E-state index is 0.167. The molecule has 0 saturated carbocycles. The highest BCUT2D eigenvalue weighted by Crippen LogP contribution is 2.19. The number of benzene rings is 2. The molecule has 2 fully saturated rings. The normalized spacial score (nSPS) is 17.0. The summed E-state index contributed by atoms with van der Waals surface area (Å²) in [4.78, 5) is 29.1. The van der Waals surface area contributed by atoms with Gasteiger partial charge in [0.1, 0.15) is 5.56 Å². The number of fused-ring (bicyclic) bond motifs is 1. The number of hydrogen-bond donors (Lipinski definition) is 1. The second-order valence-corrected chi connectivity index (χ2v) is 9.72. The molecule has 0 unspecified atom stereocenters. The van der Waals surface area contributed by atoms with Gasteiger partial charge in [-0.15, -0.1) is 0 Å². The highest BCUT2D eigenvalue weighted by Gasteiger charge is 2.20. The third kappa shape index (κ3) is 5.53. The number of aromatic nitrogens is 1. The molecule has 8 heteroatoms. The lowest BCUT2D eigenvalue weighted by Gasteiger charge is -2.32. The van der Waals surface area contributed by atoms with Crippen LogP contribution in [0.4, 0.5) is 0 Å². The molecule has 5 rings (SSSR count). The lowest BCUT2D eigenvalue weighted by molar-refractivity contribution is 0.0342. The number of morpholine rings is 1. The van der Waals surface area contributed by atoms with Crippen LogP contribution in [0.2, 0.25) is 5.02 Å². The molecule has 1 N–H and O–H groups in total. The summed E-state index contributed by atoms with van der Waals surface area (Å²) < 4.78 is 7.48. The van der Waals surface area contributed by atoms with Gasteiger partial charge in [-0.2, -0.15) is 0 Å². The van der Waals surface area contributed by atoms with Crippen molar-refractivity contribution in [3.63, 3.8) is 0 Å². The Hall–Kier alpha value is -2.87. The van der Waals surface area contributed by atoms with Gasteiger partial charge < -0.3 is 15.1 Å². The van der Waals surface area contributed by atoms with Crippen LogP contribution in [0.5, 0.6) is 0 Å². The fourth-order valence-electron chi connectivity index (χ4n) is 4.84. The summed E-state index contributed by atoms with van der Waals surface area (Å²) in [5.41, 5.74) is 2.77. The second kappa shape index (κ2) is 10.8. The maximum absolute atomic E-state index is 13.6. The Morgan fingerprint density at radius 3 is 2.40 bits per heavy atom. The first kappa shape index (κ1) is 23.9. The van der Waals surface area contributed by atoms with E-state index in [-0.39, 0.29) is 16.9 Å². The summed E-state index contributed by atoms with van der Waals surface area (Å²) in [6.45, 7) is 6.11. The first-order valence-corrected chi connectivity index (χ1v) is 12.7. The summed E-state index contributed by atoms with van der Waals surface area (Å²) >= 11 is 5.97. The Morgan fingerprint density at radius 2 is 1.66 bits per heavy atom. The maximum atomic E-state index is 13.6. The molecule has 35 heavy (non-hydrogen) atoms. The molecule has 2 saturated heterocycles. The molecule has 3 heterocycles. The summed E-state index contributed by atoms with van der Waals surface area (Å²) in [7, 11) is 0. The van der Waals surface area contributed by atoms with Crippen molar-refractivity contribution in [1.29, 1.82) is 0 Å². The average Bonchev–Trinajstić information content (AvgIpc) is 2.90. The molecule has 2 aliphatic heterocycles. The van der Waals surface area contributed by atoms with Crippen LogP contribution in [0, 0.1) is 0 Å². The van der Waals surface area contributed by atoms with E-state index in [0.29, 0.717) is 17.0 Å². The van der Waals surface area contributed by atoms with Crippen molar-refractivity contribution in [2.45, 2.75) is 32.4 Å². The smallest absolute Gasteiger partial charge is 0.257 e. The van der Waals surface area contributed by atoms with Crippen molar-refractivity contribution in [3.05, 3.63) is 80.6 Å². The van der Waals surface area contributed by atoms with Crippen LogP contribution >= 0.6 is 11.6 Å². The maximum Gasteiger partial charge on any atom is 0.257 e. The molecule has 0 atom stereocenters. The van der Waals surface area contributed by atoms with Crippen LogP contribution in [0.15, 0.2) is 53.5 Å². The molecule has 0 aliphatic carbocycles. The van der Waals surface area contributed by atoms with Crippen molar-refractivity contribution in [2.75, 3.05) is 44.4 Å². The predicted octanol–water partition coefficient (Wildman–Crippen LogP) is 3.54. The standard InChI is InChI=1S/C27H31ClN4O3/c28-22-7-4-20(5-8-22)17-29-27(34)24-19-32(31-10-2-1-3-11-31)25-9-6-21(16-23(25)26(24)33)18-30-12-14-35-15-13-30/h4-9,16,19H,1-3,10-15,17-18H2,(H,29,34). The Morgan fingerprint density at radius 1 is 0.943 bits per heavy atom. The Bertz CT molecular complexity index is 1250. The number of piperidine rings is 1. The third-order valence-corrected chi connectivity index (χ3v) is 7.06. The van der Waals surface area contributed by atoms with E-state index in [1.807, 2.05) is 28.9 Å². The first-order valence-electron chi connectivity index (χ1n) is 12.3. The van der Waals surface area contributed by atoms with Crippen molar-refractivity contribution >= 4 is 28.4 Å². The number of nitrogens with one attached hydrogen (secondary N) is 1. The van der Waals surface area contributed by atoms with Gasteiger partial charge in [0.25, 0.3) is 5.91 Å². The molecule has 0 radical (unpaired) electrons. The molecule has 0 spiro atoms. The fourth-order valence-corrected chi connectivity index (χ4v) is 4.97.